The molecule has 0 radical (unpaired) electrons. The van der Waals surface area contributed by atoms with Gasteiger partial charge < -0.3 is 10.1 Å². The molecule has 2 aromatic rings. The smallest absolute Gasteiger partial charge is 0.262 e. The molecule has 4 nitrogen and oxygen atoms in total. The number of halogens is 3. The van der Waals surface area contributed by atoms with Gasteiger partial charge in [-0.05, 0) is 30.3 Å². The Morgan fingerprint density at radius 3 is 2.85 bits per heavy atom. The topological polar surface area (TPSA) is 51.2 Å². The summed E-state index contributed by atoms with van der Waals surface area (Å²) in [6, 6.07) is 6.89. The van der Waals surface area contributed by atoms with Crippen LogP contribution in [0.3, 0.4) is 0 Å². The summed E-state index contributed by atoms with van der Waals surface area (Å²) in [5, 5.41) is 2.81. The number of carbonyl (C=O) groups excluding carboxylic acids is 1. The summed E-state index contributed by atoms with van der Waals surface area (Å²) < 4.78 is 18.0. The number of pyridine rings is 1. The number of benzene rings is 1. The number of nitrogens with zero attached hydrogens (tertiary/aromatic N) is 1. The molecule has 0 bridgehead atoms. The molecule has 0 aliphatic carbocycles. The van der Waals surface area contributed by atoms with Crippen LogP contribution in [-0.2, 0) is 4.79 Å². The summed E-state index contributed by atoms with van der Waals surface area (Å²) in [5.74, 6) is -0.685. The number of nitrogens with one attached hydrogen (secondary N) is 1. The van der Waals surface area contributed by atoms with E-state index in [1.54, 1.807) is 12.1 Å². The van der Waals surface area contributed by atoms with Crippen LogP contribution >= 0.6 is 23.2 Å². The number of ether oxygens (including phenoxy) is 1. The van der Waals surface area contributed by atoms with Crippen molar-refractivity contribution in [3.05, 3.63) is 52.5 Å². The third kappa shape index (κ3) is 3.82. The molecule has 0 aliphatic rings. The van der Waals surface area contributed by atoms with Gasteiger partial charge in [-0.15, -0.1) is 0 Å². The molecule has 104 valence electrons. The number of hydrogen-bond acceptors (Lipinski definition) is 3. The average molecular weight is 315 g/mol. The third-order valence-electron chi connectivity index (χ3n) is 2.29. The van der Waals surface area contributed by atoms with Gasteiger partial charge in [-0.3, -0.25) is 4.79 Å². The second kappa shape index (κ2) is 6.54. The van der Waals surface area contributed by atoms with Gasteiger partial charge in [-0.25, -0.2) is 9.37 Å². The summed E-state index contributed by atoms with van der Waals surface area (Å²) in [7, 11) is 0. The fourth-order valence-corrected chi connectivity index (χ4v) is 1.79. The van der Waals surface area contributed by atoms with Crippen molar-refractivity contribution in [3.63, 3.8) is 0 Å². The third-order valence-corrected chi connectivity index (χ3v) is 2.88. The van der Waals surface area contributed by atoms with Crippen molar-refractivity contribution in [1.82, 2.24) is 4.98 Å². The van der Waals surface area contributed by atoms with Crippen LogP contribution in [-0.4, -0.2) is 17.5 Å². The average Bonchev–Trinajstić information content (AvgIpc) is 2.40. The number of rotatable bonds is 4. The molecule has 0 spiro atoms. The number of amides is 1. The molecule has 0 fully saturated rings. The van der Waals surface area contributed by atoms with E-state index < -0.39 is 11.7 Å². The van der Waals surface area contributed by atoms with Crippen molar-refractivity contribution < 1.29 is 13.9 Å². The highest BCUT2D eigenvalue weighted by Crippen LogP contribution is 2.25. The van der Waals surface area contributed by atoms with Crippen LogP contribution in [0.15, 0.2) is 36.5 Å². The number of carbonyl (C=O) groups is 1. The first-order chi connectivity index (χ1) is 9.56. The fourth-order valence-electron chi connectivity index (χ4n) is 1.40. The standard InChI is InChI=1S/C13H9Cl2FN2O2/c14-9-6-8(16)3-4-11(9)20-7-12(19)18-10-2-1-5-17-13(10)15/h1-6H,7H2,(H,18,19). The van der Waals surface area contributed by atoms with Crippen LogP contribution in [0.25, 0.3) is 0 Å². The van der Waals surface area contributed by atoms with Crippen molar-refractivity contribution in [3.8, 4) is 5.75 Å². The summed E-state index contributed by atoms with van der Waals surface area (Å²) in [6.45, 7) is -0.281. The first-order valence-corrected chi connectivity index (χ1v) is 6.30. The maximum atomic E-state index is 12.8. The Kier molecular flexibility index (Phi) is 4.76. The molecule has 1 amide bonds. The normalized spacial score (nSPS) is 10.2. The van der Waals surface area contributed by atoms with E-state index in [1.165, 1.54) is 18.3 Å². The minimum Gasteiger partial charge on any atom is -0.482 e. The van der Waals surface area contributed by atoms with Gasteiger partial charge in [0.15, 0.2) is 11.8 Å². The van der Waals surface area contributed by atoms with Gasteiger partial charge in [-0.2, -0.15) is 0 Å². The second-order valence-corrected chi connectivity index (χ2v) is 4.52. The summed E-state index contributed by atoms with van der Waals surface area (Å²) in [6.07, 6.45) is 1.51. The maximum absolute atomic E-state index is 12.8. The Morgan fingerprint density at radius 2 is 2.15 bits per heavy atom. The van der Waals surface area contributed by atoms with Crippen molar-refractivity contribution in [2.45, 2.75) is 0 Å². The van der Waals surface area contributed by atoms with E-state index in [1.807, 2.05) is 0 Å². The Hall–Kier alpha value is -1.85. The zero-order valence-electron chi connectivity index (χ0n) is 10.1. The highest BCUT2D eigenvalue weighted by molar-refractivity contribution is 6.32. The zero-order valence-corrected chi connectivity index (χ0v) is 11.6. The summed E-state index contributed by atoms with van der Waals surface area (Å²) >= 11 is 11.6. The van der Waals surface area contributed by atoms with E-state index in [9.17, 15) is 9.18 Å². The largest absolute Gasteiger partial charge is 0.482 e. The highest BCUT2D eigenvalue weighted by Gasteiger charge is 2.09. The molecule has 0 atom stereocenters. The van der Waals surface area contributed by atoms with E-state index in [-0.39, 0.29) is 22.5 Å². The van der Waals surface area contributed by atoms with Crippen LogP contribution < -0.4 is 10.1 Å². The molecule has 0 saturated carbocycles. The van der Waals surface area contributed by atoms with Gasteiger partial charge in [0.2, 0.25) is 0 Å². The minimum atomic E-state index is -0.478. The van der Waals surface area contributed by atoms with Crippen LogP contribution in [0.5, 0.6) is 5.75 Å². The first-order valence-electron chi connectivity index (χ1n) is 5.54. The lowest BCUT2D eigenvalue weighted by molar-refractivity contribution is -0.118. The molecular formula is C13H9Cl2FN2O2. The summed E-state index contributed by atoms with van der Waals surface area (Å²) in [4.78, 5) is 15.5. The molecule has 0 saturated heterocycles. The molecule has 20 heavy (non-hydrogen) atoms. The van der Waals surface area contributed by atoms with Gasteiger partial charge in [0, 0.05) is 6.20 Å². The number of aromatic nitrogens is 1. The van der Waals surface area contributed by atoms with Crippen LogP contribution in [0.2, 0.25) is 10.2 Å². The van der Waals surface area contributed by atoms with Crippen LogP contribution in [0, 0.1) is 5.82 Å². The Labute approximate surface area is 124 Å². The highest BCUT2D eigenvalue weighted by atomic mass is 35.5. The fraction of sp³-hybridized carbons (Fsp3) is 0.0769. The summed E-state index contributed by atoms with van der Waals surface area (Å²) in [5.41, 5.74) is 0.382. The molecule has 7 heteroatoms. The predicted octanol–water partition coefficient (Wildman–Crippen LogP) is 3.55. The Morgan fingerprint density at radius 1 is 1.35 bits per heavy atom. The van der Waals surface area contributed by atoms with Crippen molar-refractivity contribution >= 4 is 34.8 Å². The second-order valence-electron chi connectivity index (χ2n) is 3.75. The van der Waals surface area contributed by atoms with Crippen LogP contribution in [0.4, 0.5) is 10.1 Å². The van der Waals surface area contributed by atoms with Gasteiger partial charge in [0.05, 0.1) is 10.7 Å². The van der Waals surface area contributed by atoms with Gasteiger partial charge in [0.1, 0.15) is 11.6 Å². The van der Waals surface area contributed by atoms with Crippen molar-refractivity contribution in [2.24, 2.45) is 0 Å². The molecule has 2 rings (SSSR count). The SMILES string of the molecule is O=C(COc1ccc(F)cc1Cl)Nc1cccnc1Cl. The van der Waals surface area contributed by atoms with Gasteiger partial charge in [0.25, 0.3) is 5.91 Å². The monoisotopic (exact) mass is 314 g/mol. The van der Waals surface area contributed by atoms with E-state index in [0.29, 0.717) is 5.69 Å². The lowest BCUT2D eigenvalue weighted by atomic mass is 10.3. The van der Waals surface area contributed by atoms with Gasteiger partial charge in [-0.1, -0.05) is 23.2 Å². The first kappa shape index (κ1) is 14.6. The molecule has 1 aromatic carbocycles. The molecule has 0 aliphatic heterocycles. The van der Waals surface area contributed by atoms with E-state index in [2.05, 4.69) is 10.3 Å². The van der Waals surface area contributed by atoms with Gasteiger partial charge >= 0.3 is 0 Å². The van der Waals surface area contributed by atoms with Crippen LogP contribution in [0.1, 0.15) is 0 Å². The Balaban J connectivity index is 1.94. The molecular weight excluding hydrogens is 306 g/mol. The van der Waals surface area contributed by atoms with Crippen molar-refractivity contribution in [1.29, 1.82) is 0 Å². The van der Waals surface area contributed by atoms with E-state index in [4.69, 9.17) is 27.9 Å². The minimum absolute atomic E-state index is 0.0946. The Bertz CT molecular complexity index is 638. The number of anilines is 1. The molecule has 1 heterocycles. The van der Waals surface area contributed by atoms with E-state index in [0.717, 1.165) is 6.07 Å². The maximum Gasteiger partial charge on any atom is 0.262 e. The predicted molar refractivity (Wildman–Crippen MR) is 74.8 cm³/mol. The lowest BCUT2D eigenvalue weighted by Crippen LogP contribution is -2.20. The van der Waals surface area contributed by atoms with E-state index >= 15 is 0 Å². The quantitative estimate of drug-likeness (QED) is 0.878. The molecule has 1 aromatic heterocycles. The lowest BCUT2D eigenvalue weighted by Gasteiger charge is -2.09. The number of hydrogen-bond donors (Lipinski definition) is 1. The zero-order chi connectivity index (χ0) is 14.5. The molecule has 0 unspecified atom stereocenters. The molecule has 1 N–H and O–H groups in total. The van der Waals surface area contributed by atoms with Crippen molar-refractivity contribution in [2.75, 3.05) is 11.9 Å².